The van der Waals surface area contributed by atoms with Crippen LogP contribution in [0.2, 0.25) is 0 Å². The summed E-state index contributed by atoms with van der Waals surface area (Å²) in [7, 11) is -3.58. The molecule has 5 nitrogen and oxygen atoms in total. The molecule has 0 radical (unpaired) electrons. The fourth-order valence-corrected chi connectivity index (χ4v) is 4.60. The molecule has 0 aliphatic rings. The van der Waals surface area contributed by atoms with Crippen LogP contribution in [0.4, 0.5) is 5.69 Å². The van der Waals surface area contributed by atoms with E-state index in [4.69, 9.17) is 0 Å². The van der Waals surface area contributed by atoms with Crippen LogP contribution in [0.25, 0.3) is 11.3 Å². The lowest BCUT2D eigenvalue weighted by atomic mass is 10.2. The molecule has 0 aliphatic heterocycles. The van der Waals surface area contributed by atoms with Gasteiger partial charge in [0.1, 0.15) is 4.21 Å². The summed E-state index contributed by atoms with van der Waals surface area (Å²) < 4.78 is 27.8. The molecule has 0 aliphatic carbocycles. The van der Waals surface area contributed by atoms with Gasteiger partial charge in [-0.3, -0.25) is 9.82 Å². The molecule has 0 amide bonds. The molecular weight excluding hydrogens is 338 g/mol. The van der Waals surface area contributed by atoms with Crippen LogP contribution in [0.15, 0.2) is 57.1 Å². The number of nitrogens with zero attached hydrogens (tertiary/aromatic N) is 1. The van der Waals surface area contributed by atoms with Gasteiger partial charge < -0.3 is 0 Å². The van der Waals surface area contributed by atoms with Crippen LogP contribution in [0.1, 0.15) is 0 Å². The van der Waals surface area contributed by atoms with Crippen molar-refractivity contribution in [2.75, 3.05) is 11.0 Å². The first-order chi connectivity index (χ1) is 10.6. The Balaban J connectivity index is 1.86. The average molecular weight is 351 g/mol. The number of nitrogens with one attached hydrogen (secondary N) is 2. The van der Waals surface area contributed by atoms with Gasteiger partial charge in [-0.2, -0.15) is 5.10 Å². The van der Waals surface area contributed by atoms with Crippen molar-refractivity contribution in [3.8, 4) is 11.3 Å². The zero-order chi connectivity index (χ0) is 15.6. The van der Waals surface area contributed by atoms with E-state index in [9.17, 15) is 8.42 Å². The monoisotopic (exact) mass is 351 g/mol. The maximum atomic E-state index is 12.5. The highest BCUT2D eigenvalue weighted by molar-refractivity contribution is 7.98. The topological polar surface area (TPSA) is 74.8 Å². The van der Waals surface area contributed by atoms with Gasteiger partial charge in [0.25, 0.3) is 10.0 Å². The number of aromatic nitrogens is 2. The zero-order valence-electron chi connectivity index (χ0n) is 11.6. The molecule has 3 aromatic rings. The van der Waals surface area contributed by atoms with Crippen molar-refractivity contribution in [1.82, 2.24) is 10.2 Å². The van der Waals surface area contributed by atoms with Crippen molar-refractivity contribution in [3.63, 3.8) is 0 Å². The van der Waals surface area contributed by atoms with Gasteiger partial charge in [-0.25, -0.2) is 8.42 Å². The number of hydrogen-bond donors (Lipinski definition) is 2. The van der Waals surface area contributed by atoms with E-state index in [-0.39, 0.29) is 4.21 Å². The number of hydrogen-bond acceptors (Lipinski definition) is 5. The first kappa shape index (κ1) is 15.1. The molecule has 0 spiro atoms. The number of H-pyrrole nitrogens is 1. The Morgan fingerprint density at radius 3 is 2.86 bits per heavy atom. The fourth-order valence-electron chi connectivity index (χ4n) is 1.91. The maximum Gasteiger partial charge on any atom is 0.271 e. The van der Waals surface area contributed by atoms with E-state index in [0.717, 1.165) is 16.2 Å². The molecule has 1 aromatic carbocycles. The largest absolute Gasteiger partial charge is 0.279 e. The van der Waals surface area contributed by atoms with E-state index in [2.05, 4.69) is 14.9 Å². The van der Waals surface area contributed by atoms with E-state index < -0.39 is 10.0 Å². The summed E-state index contributed by atoms with van der Waals surface area (Å²) in [5, 5.41) is 8.48. The molecule has 2 aromatic heterocycles. The van der Waals surface area contributed by atoms with Crippen molar-refractivity contribution in [2.24, 2.45) is 0 Å². The van der Waals surface area contributed by atoms with E-state index >= 15 is 0 Å². The Morgan fingerprint density at radius 1 is 1.27 bits per heavy atom. The predicted octanol–water partition coefficient (Wildman–Crippen LogP) is 3.66. The molecule has 114 valence electrons. The molecule has 22 heavy (non-hydrogen) atoms. The molecule has 0 saturated carbocycles. The van der Waals surface area contributed by atoms with Gasteiger partial charge in [-0.1, -0.05) is 6.07 Å². The molecule has 3 rings (SSSR count). The first-order valence-electron chi connectivity index (χ1n) is 6.33. The Labute approximate surface area is 136 Å². The van der Waals surface area contributed by atoms with Crippen LogP contribution in [0.5, 0.6) is 0 Å². The average Bonchev–Trinajstić information content (AvgIpc) is 3.18. The first-order valence-corrected chi connectivity index (χ1v) is 9.92. The van der Waals surface area contributed by atoms with Crippen LogP contribution in [0.3, 0.4) is 0 Å². The highest BCUT2D eigenvalue weighted by atomic mass is 32.2. The van der Waals surface area contributed by atoms with E-state index in [0.29, 0.717) is 5.69 Å². The third-order valence-electron chi connectivity index (χ3n) is 2.97. The van der Waals surface area contributed by atoms with E-state index in [1.807, 2.05) is 24.5 Å². The number of rotatable bonds is 5. The lowest BCUT2D eigenvalue weighted by molar-refractivity contribution is 0.603. The minimum absolute atomic E-state index is 0.270. The molecule has 0 fully saturated rings. The molecular formula is C14H13N3O2S3. The van der Waals surface area contributed by atoms with Crippen molar-refractivity contribution in [1.29, 1.82) is 0 Å². The Kier molecular flexibility index (Phi) is 4.23. The van der Waals surface area contributed by atoms with Gasteiger partial charge in [-0.05, 0) is 36.6 Å². The number of sulfonamides is 1. The van der Waals surface area contributed by atoms with Crippen molar-refractivity contribution < 1.29 is 8.42 Å². The van der Waals surface area contributed by atoms with Crippen LogP contribution in [0, 0.1) is 0 Å². The summed E-state index contributed by atoms with van der Waals surface area (Å²) in [6.07, 6.45) is 3.58. The summed E-state index contributed by atoms with van der Waals surface area (Å²) in [5.41, 5.74) is 2.16. The predicted molar refractivity (Wildman–Crippen MR) is 90.9 cm³/mol. The minimum Gasteiger partial charge on any atom is -0.279 e. The summed E-state index contributed by atoms with van der Waals surface area (Å²) >= 11 is 2.74. The maximum absolute atomic E-state index is 12.5. The summed E-state index contributed by atoms with van der Waals surface area (Å²) in [6.45, 7) is 0. The van der Waals surface area contributed by atoms with Gasteiger partial charge in [0.05, 0.1) is 5.69 Å². The van der Waals surface area contributed by atoms with Gasteiger partial charge >= 0.3 is 0 Å². The van der Waals surface area contributed by atoms with Crippen molar-refractivity contribution in [2.45, 2.75) is 9.10 Å². The third-order valence-corrected chi connectivity index (χ3v) is 6.52. The van der Waals surface area contributed by atoms with Crippen LogP contribution >= 0.6 is 23.1 Å². The molecule has 8 heteroatoms. The lowest BCUT2D eigenvalue weighted by Crippen LogP contribution is -2.11. The number of benzene rings is 1. The molecule has 0 bridgehead atoms. The third kappa shape index (κ3) is 3.18. The van der Waals surface area contributed by atoms with Crippen LogP contribution in [-0.4, -0.2) is 24.9 Å². The number of aromatic amines is 1. The van der Waals surface area contributed by atoms with Crippen LogP contribution in [-0.2, 0) is 10.0 Å². The minimum atomic E-state index is -3.58. The summed E-state index contributed by atoms with van der Waals surface area (Å²) in [6, 6.07) is 10.7. The normalized spacial score (nSPS) is 11.5. The van der Waals surface area contributed by atoms with E-state index in [1.54, 1.807) is 41.5 Å². The highest BCUT2D eigenvalue weighted by Crippen LogP contribution is 2.29. The van der Waals surface area contributed by atoms with Gasteiger partial charge in [0.15, 0.2) is 0 Å². The molecule has 0 saturated heterocycles. The van der Waals surface area contributed by atoms with Crippen molar-refractivity contribution in [3.05, 3.63) is 48.0 Å². The second-order valence-corrected chi connectivity index (χ2v) is 8.16. The van der Waals surface area contributed by atoms with E-state index in [1.165, 1.54) is 11.3 Å². The Morgan fingerprint density at radius 2 is 2.14 bits per heavy atom. The van der Waals surface area contributed by atoms with Gasteiger partial charge in [0, 0.05) is 27.7 Å². The number of thioether (sulfide) groups is 1. The van der Waals surface area contributed by atoms with Crippen molar-refractivity contribution >= 4 is 38.8 Å². The molecule has 0 unspecified atom stereocenters. The van der Waals surface area contributed by atoms with Crippen LogP contribution < -0.4 is 4.72 Å². The summed E-state index contributed by atoms with van der Waals surface area (Å²) in [4.78, 5) is 1.00. The van der Waals surface area contributed by atoms with Gasteiger partial charge in [0.2, 0.25) is 0 Å². The lowest BCUT2D eigenvalue weighted by Gasteiger charge is -2.07. The fraction of sp³-hybridized carbons (Fsp3) is 0.0714. The zero-order valence-corrected chi connectivity index (χ0v) is 14.1. The second kappa shape index (κ2) is 6.15. The second-order valence-electron chi connectivity index (χ2n) is 4.46. The quantitative estimate of drug-likeness (QED) is 0.688. The standard InChI is InChI=1S/C14H13N3O2S3/c1-20-12-4-2-3-11(8-12)17-22(18,19)14-7-10(9-21-14)13-5-6-15-16-13/h2-9,17H,1H3,(H,15,16). The smallest absolute Gasteiger partial charge is 0.271 e. The molecule has 2 heterocycles. The highest BCUT2D eigenvalue weighted by Gasteiger charge is 2.18. The molecule has 0 atom stereocenters. The molecule has 2 N–H and O–H groups in total. The number of anilines is 1. The summed E-state index contributed by atoms with van der Waals surface area (Å²) in [5.74, 6) is 0. The number of thiophene rings is 1. The Bertz CT molecular complexity index is 870. The van der Waals surface area contributed by atoms with Gasteiger partial charge in [-0.15, -0.1) is 23.1 Å². The Hall–Kier alpha value is -1.77. The SMILES string of the molecule is CSc1cccc(NS(=O)(=O)c2cc(-c3ccn[nH]3)cs2)c1.